The molecule has 0 aliphatic carbocycles. The number of H-pyrrole nitrogens is 1. The normalized spacial score (nSPS) is 17.7. The smallest absolute Gasteiger partial charge is 0.295 e. The average Bonchev–Trinajstić information content (AvgIpc) is 2.83. The first kappa shape index (κ1) is 11.0. The van der Waals surface area contributed by atoms with Gasteiger partial charge in [0.2, 0.25) is 0 Å². The minimum Gasteiger partial charge on any atom is -0.384 e. The number of aromatic amines is 1. The molecule has 0 atom stereocenters. The van der Waals surface area contributed by atoms with Crippen LogP contribution in [0.15, 0.2) is 0 Å². The Morgan fingerprint density at radius 1 is 1.56 bits per heavy atom. The summed E-state index contributed by atoms with van der Waals surface area (Å²) in [7, 11) is 1.71. The fourth-order valence-electron chi connectivity index (χ4n) is 1.93. The first-order valence-electron chi connectivity index (χ1n) is 5.33. The molecular formula is C9H15N5O2. The van der Waals surface area contributed by atoms with Crippen molar-refractivity contribution >= 4 is 5.91 Å². The minimum absolute atomic E-state index is 0.144. The van der Waals surface area contributed by atoms with Gasteiger partial charge in [-0.1, -0.05) is 0 Å². The van der Waals surface area contributed by atoms with E-state index in [0.717, 1.165) is 32.5 Å². The fourth-order valence-corrected chi connectivity index (χ4v) is 1.93. The summed E-state index contributed by atoms with van der Waals surface area (Å²) in [5, 5.41) is 13.0. The van der Waals surface area contributed by atoms with Crippen molar-refractivity contribution in [1.82, 2.24) is 25.5 Å². The Bertz CT molecular complexity index is 332. The highest BCUT2D eigenvalue weighted by molar-refractivity contribution is 5.90. The number of amides is 1. The van der Waals surface area contributed by atoms with E-state index in [1.54, 1.807) is 12.0 Å². The molecule has 0 saturated carbocycles. The van der Waals surface area contributed by atoms with E-state index in [2.05, 4.69) is 20.6 Å². The van der Waals surface area contributed by atoms with Crippen molar-refractivity contribution in [3.05, 3.63) is 5.82 Å². The van der Waals surface area contributed by atoms with E-state index in [4.69, 9.17) is 4.74 Å². The quantitative estimate of drug-likeness (QED) is 0.763. The Balaban J connectivity index is 1.87. The molecule has 88 valence electrons. The lowest BCUT2D eigenvalue weighted by atomic mass is 9.98. The fraction of sp³-hybridized carbons (Fsp3) is 0.778. The number of rotatable bonds is 3. The summed E-state index contributed by atoms with van der Waals surface area (Å²) < 4.78 is 5.11. The van der Waals surface area contributed by atoms with Gasteiger partial charge in [0, 0.05) is 26.8 Å². The number of carbonyl (C=O) groups is 1. The largest absolute Gasteiger partial charge is 0.384 e. The number of nitrogens with zero attached hydrogens (tertiary/aromatic N) is 4. The molecule has 1 saturated heterocycles. The van der Waals surface area contributed by atoms with Gasteiger partial charge in [0.15, 0.2) is 0 Å². The maximum Gasteiger partial charge on any atom is 0.295 e. The molecule has 1 aliphatic rings. The van der Waals surface area contributed by atoms with Crippen LogP contribution in [0.1, 0.15) is 23.5 Å². The van der Waals surface area contributed by atoms with Gasteiger partial charge in [-0.25, -0.2) is 0 Å². The minimum atomic E-state index is -0.149. The number of aromatic nitrogens is 4. The number of carbonyl (C=O) groups excluding carboxylic acids is 1. The van der Waals surface area contributed by atoms with Crippen LogP contribution in [-0.2, 0) is 4.74 Å². The maximum atomic E-state index is 11.8. The van der Waals surface area contributed by atoms with Crippen LogP contribution >= 0.6 is 0 Å². The van der Waals surface area contributed by atoms with Crippen LogP contribution < -0.4 is 0 Å². The van der Waals surface area contributed by atoms with Crippen LogP contribution in [0, 0.1) is 5.92 Å². The molecule has 0 unspecified atom stereocenters. The molecule has 2 heterocycles. The third-order valence-electron chi connectivity index (χ3n) is 2.84. The standard InChI is InChI=1S/C9H15N5O2/c1-16-6-7-2-4-14(5-3-7)9(15)8-10-12-13-11-8/h7H,2-6H2,1H3,(H,10,11,12,13). The number of methoxy groups -OCH3 is 1. The van der Waals surface area contributed by atoms with Crippen LogP contribution in [0.3, 0.4) is 0 Å². The van der Waals surface area contributed by atoms with Crippen LogP contribution in [0.25, 0.3) is 0 Å². The third-order valence-corrected chi connectivity index (χ3v) is 2.84. The highest BCUT2D eigenvalue weighted by atomic mass is 16.5. The van der Waals surface area contributed by atoms with E-state index in [9.17, 15) is 4.79 Å². The summed E-state index contributed by atoms with van der Waals surface area (Å²) in [6.45, 7) is 2.24. The van der Waals surface area contributed by atoms with Crippen molar-refractivity contribution in [1.29, 1.82) is 0 Å². The average molecular weight is 225 g/mol. The van der Waals surface area contributed by atoms with Crippen LogP contribution in [-0.4, -0.2) is 58.2 Å². The van der Waals surface area contributed by atoms with E-state index in [0.29, 0.717) is 5.92 Å². The predicted molar refractivity (Wildman–Crippen MR) is 54.7 cm³/mol. The number of likely N-dealkylation sites (tertiary alicyclic amines) is 1. The molecule has 1 N–H and O–H groups in total. The summed E-state index contributed by atoms with van der Waals surface area (Å²) in [5.74, 6) is 0.550. The van der Waals surface area contributed by atoms with Crippen molar-refractivity contribution < 1.29 is 9.53 Å². The van der Waals surface area contributed by atoms with Gasteiger partial charge in [0.05, 0.1) is 0 Å². The van der Waals surface area contributed by atoms with E-state index in [1.807, 2.05) is 0 Å². The molecule has 1 fully saturated rings. The van der Waals surface area contributed by atoms with Gasteiger partial charge in [-0.15, -0.1) is 10.2 Å². The van der Waals surface area contributed by atoms with E-state index in [-0.39, 0.29) is 11.7 Å². The molecular weight excluding hydrogens is 210 g/mol. The topological polar surface area (TPSA) is 84.0 Å². The molecule has 16 heavy (non-hydrogen) atoms. The monoisotopic (exact) mass is 225 g/mol. The first-order valence-corrected chi connectivity index (χ1v) is 5.33. The molecule has 0 aromatic carbocycles. The predicted octanol–water partition coefficient (Wildman–Crippen LogP) is -0.302. The number of hydrogen-bond donors (Lipinski definition) is 1. The summed E-state index contributed by atoms with van der Waals surface area (Å²) in [6, 6.07) is 0. The lowest BCUT2D eigenvalue weighted by molar-refractivity contribution is 0.0602. The van der Waals surface area contributed by atoms with Crippen LogP contribution in [0.5, 0.6) is 0 Å². The van der Waals surface area contributed by atoms with Gasteiger partial charge in [0.25, 0.3) is 11.7 Å². The molecule has 0 radical (unpaired) electrons. The zero-order valence-corrected chi connectivity index (χ0v) is 9.22. The lowest BCUT2D eigenvalue weighted by Crippen LogP contribution is -2.39. The summed E-state index contributed by atoms with van der Waals surface area (Å²) in [5.41, 5.74) is 0. The Labute approximate surface area is 93.2 Å². The van der Waals surface area contributed by atoms with Crippen molar-refractivity contribution in [2.45, 2.75) is 12.8 Å². The Hall–Kier alpha value is -1.50. The molecule has 0 bridgehead atoms. The molecule has 7 heteroatoms. The van der Waals surface area contributed by atoms with Gasteiger partial charge in [-0.2, -0.15) is 5.21 Å². The molecule has 1 aromatic heterocycles. The Morgan fingerprint density at radius 2 is 2.31 bits per heavy atom. The van der Waals surface area contributed by atoms with Gasteiger partial charge in [-0.05, 0) is 24.0 Å². The first-order chi connectivity index (χ1) is 7.81. The van der Waals surface area contributed by atoms with Crippen LogP contribution in [0.2, 0.25) is 0 Å². The number of nitrogens with one attached hydrogen (secondary N) is 1. The van der Waals surface area contributed by atoms with Crippen LogP contribution in [0.4, 0.5) is 0 Å². The molecule has 7 nitrogen and oxygen atoms in total. The van der Waals surface area contributed by atoms with Crippen molar-refractivity contribution in [2.24, 2.45) is 5.92 Å². The molecule has 0 spiro atoms. The number of tetrazole rings is 1. The van der Waals surface area contributed by atoms with E-state index >= 15 is 0 Å². The van der Waals surface area contributed by atoms with Gasteiger partial charge in [0.1, 0.15) is 0 Å². The second-order valence-corrected chi connectivity index (χ2v) is 3.93. The summed E-state index contributed by atoms with van der Waals surface area (Å²) in [6.07, 6.45) is 1.94. The van der Waals surface area contributed by atoms with Crippen molar-refractivity contribution in [3.63, 3.8) is 0 Å². The molecule has 2 rings (SSSR count). The van der Waals surface area contributed by atoms with Crippen molar-refractivity contribution in [2.75, 3.05) is 26.8 Å². The molecule has 1 amide bonds. The lowest BCUT2D eigenvalue weighted by Gasteiger charge is -2.30. The zero-order chi connectivity index (χ0) is 11.4. The summed E-state index contributed by atoms with van der Waals surface area (Å²) >= 11 is 0. The highest BCUT2D eigenvalue weighted by Gasteiger charge is 2.25. The summed E-state index contributed by atoms with van der Waals surface area (Å²) in [4.78, 5) is 13.6. The third kappa shape index (κ3) is 2.35. The van der Waals surface area contributed by atoms with E-state index in [1.165, 1.54) is 0 Å². The second kappa shape index (κ2) is 5.02. The molecule has 1 aromatic rings. The Kier molecular flexibility index (Phi) is 3.45. The zero-order valence-electron chi connectivity index (χ0n) is 9.22. The van der Waals surface area contributed by atoms with Gasteiger partial charge < -0.3 is 9.64 Å². The number of piperidine rings is 1. The Morgan fingerprint density at radius 3 is 2.88 bits per heavy atom. The van der Waals surface area contributed by atoms with E-state index < -0.39 is 0 Å². The number of ether oxygens (including phenoxy) is 1. The van der Waals surface area contributed by atoms with Gasteiger partial charge >= 0.3 is 0 Å². The van der Waals surface area contributed by atoms with Gasteiger partial charge in [-0.3, -0.25) is 4.79 Å². The second-order valence-electron chi connectivity index (χ2n) is 3.93. The maximum absolute atomic E-state index is 11.8. The number of hydrogen-bond acceptors (Lipinski definition) is 5. The van der Waals surface area contributed by atoms with Crippen molar-refractivity contribution in [3.8, 4) is 0 Å². The SMILES string of the molecule is COCC1CCN(C(=O)c2nn[nH]n2)CC1. The highest BCUT2D eigenvalue weighted by Crippen LogP contribution is 2.18. The molecule has 1 aliphatic heterocycles.